The number of carbonyl (C=O) groups excluding carboxylic acids is 1. The minimum absolute atomic E-state index is 0.234. The number of methoxy groups -OCH3 is 1. The van der Waals surface area contributed by atoms with Gasteiger partial charge in [0, 0.05) is 17.5 Å². The number of nitrogens with two attached hydrogens (primary N) is 1. The molecule has 0 saturated carbocycles. The van der Waals surface area contributed by atoms with Crippen molar-refractivity contribution < 1.29 is 9.53 Å². The molecule has 1 aromatic carbocycles. The fourth-order valence-electron chi connectivity index (χ4n) is 3.04. The number of nitrogens with zero attached hydrogens (tertiary/aromatic N) is 4. The van der Waals surface area contributed by atoms with Gasteiger partial charge in [-0.25, -0.2) is 0 Å². The number of hydrogen-bond acceptors (Lipinski definition) is 5. The first-order valence-corrected chi connectivity index (χ1v) is 8.31. The Morgan fingerprint density at radius 3 is 2.67 bits per heavy atom. The van der Waals surface area contributed by atoms with Gasteiger partial charge in [-0.05, 0) is 43.2 Å². The summed E-state index contributed by atoms with van der Waals surface area (Å²) in [5, 5.41) is 13.8. The molecule has 0 radical (unpaired) electrons. The molecule has 0 aliphatic heterocycles. The van der Waals surface area contributed by atoms with Crippen molar-refractivity contribution in [3.05, 3.63) is 64.7 Å². The minimum atomic E-state index is -0.551. The van der Waals surface area contributed by atoms with Crippen LogP contribution in [0.3, 0.4) is 0 Å². The van der Waals surface area contributed by atoms with Gasteiger partial charge in [0.25, 0.3) is 5.91 Å². The zero-order valence-electron chi connectivity index (χ0n) is 15.4. The van der Waals surface area contributed by atoms with Crippen molar-refractivity contribution >= 4 is 5.91 Å². The van der Waals surface area contributed by atoms with Crippen molar-refractivity contribution in [1.82, 2.24) is 14.8 Å². The average molecular weight is 361 g/mol. The van der Waals surface area contributed by atoms with E-state index in [1.807, 2.05) is 36.7 Å². The lowest BCUT2D eigenvalue weighted by Gasteiger charge is -2.08. The van der Waals surface area contributed by atoms with Crippen LogP contribution in [0.15, 0.2) is 36.5 Å². The Balaban J connectivity index is 1.95. The summed E-state index contributed by atoms with van der Waals surface area (Å²) in [6.07, 6.45) is 1.63. The summed E-state index contributed by atoms with van der Waals surface area (Å²) < 4.78 is 7.20. The van der Waals surface area contributed by atoms with E-state index in [1.54, 1.807) is 25.4 Å². The zero-order chi connectivity index (χ0) is 19.6. The van der Waals surface area contributed by atoms with Crippen LogP contribution < -0.4 is 10.5 Å². The summed E-state index contributed by atoms with van der Waals surface area (Å²) in [4.78, 5) is 15.2. The highest BCUT2D eigenvalue weighted by molar-refractivity contribution is 5.90. The van der Waals surface area contributed by atoms with E-state index in [0.29, 0.717) is 17.9 Å². The number of rotatable bonds is 5. The number of hydrogen-bond donors (Lipinski definition) is 1. The molecule has 7 nitrogen and oxygen atoms in total. The molecule has 0 aliphatic carbocycles. The maximum Gasteiger partial charge on any atom is 0.267 e. The summed E-state index contributed by atoms with van der Waals surface area (Å²) in [5.74, 6) is -0.0162. The van der Waals surface area contributed by atoms with E-state index < -0.39 is 5.91 Å². The number of ether oxygens (including phenoxy) is 1. The van der Waals surface area contributed by atoms with Crippen molar-refractivity contribution in [2.45, 2.75) is 20.4 Å². The predicted octanol–water partition coefficient (Wildman–Crippen LogP) is 2.59. The Morgan fingerprint density at radius 2 is 2.07 bits per heavy atom. The number of primary amides is 1. The Kier molecular flexibility index (Phi) is 4.90. The molecule has 7 heteroatoms. The number of nitriles is 1. The molecule has 0 fully saturated rings. The van der Waals surface area contributed by atoms with E-state index in [4.69, 9.17) is 15.7 Å². The normalized spacial score (nSPS) is 10.4. The number of aromatic nitrogens is 3. The second-order valence-electron chi connectivity index (χ2n) is 6.15. The van der Waals surface area contributed by atoms with Crippen molar-refractivity contribution in [2.75, 3.05) is 7.11 Å². The second-order valence-corrected chi connectivity index (χ2v) is 6.15. The highest BCUT2D eigenvalue weighted by atomic mass is 16.5. The number of carbonyl (C=O) groups is 1. The van der Waals surface area contributed by atoms with Crippen LogP contribution in [0.4, 0.5) is 0 Å². The molecule has 136 valence electrons. The van der Waals surface area contributed by atoms with Gasteiger partial charge in [0.05, 0.1) is 24.9 Å². The third-order valence-corrected chi connectivity index (χ3v) is 4.40. The van der Waals surface area contributed by atoms with Crippen LogP contribution in [0.5, 0.6) is 5.75 Å². The first-order valence-electron chi connectivity index (χ1n) is 8.31. The molecule has 1 amide bonds. The van der Waals surface area contributed by atoms with Crippen LogP contribution in [-0.4, -0.2) is 27.8 Å². The lowest BCUT2D eigenvalue weighted by Crippen LogP contribution is -2.13. The summed E-state index contributed by atoms with van der Waals surface area (Å²) >= 11 is 0. The molecule has 2 heterocycles. The van der Waals surface area contributed by atoms with Crippen LogP contribution in [0.2, 0.25) is 0 Å². The molecule has 0 atom stereocenters. The van der Waals surface area contributed by atoms with Crippen LogP contribution in [0, 0.1) is 25.2 Å². The van der Waals surface area contributed by atoms with Gasteiger partial charge in [0.15, 0.2) is 0 Å². The number of pyridine rings is 1. The van der Waals surface area contributed by atoms with Gasteiger partial charge >= 0.3 is 0 Å². The van der Waals surface area contributed by atoms with Gasteiger partial charge in [-0.1, -0.05) is 12.1 Å². The minimum Gasteiger partial charge on any atom is -0.495 e. The fraction of sp³-hybridized carbons (Fsp3) is 0.200. The van der Waals surface area contributed by atoms with Crippen molar-refractivity contribution in [3.8, 4) is 22.9 Å². The monoisotopic (exact) mass is 361 g/mol. The molecule has 0 spiro atoms. The average Bonchev–Trinajstić information content (AvgIpc) is 2.94. The molecule has 3 aromatic rings. The molecule has 0 aliphatic rings. The van der Waals surface area contributed by atoms with Crippen molar-refractivity contribution in [1.29, 1.82) is 5.26 Å². The van der Waals surface area contributed by atoms with Crippen molar-refractivity contribution in [2.24, 2.45) is 5.73 Å². The fourth-order valence-corrected chi connectivity index (χ4v) is 3.04. The maximum absolute atomic E-state index is 11.1. The molecule has 2 N–H and O–H groups in total. The van der Waals surface area contributed by atoms with E-state index in [0.717, 1.165) is 28.1 Å². The smallest absolute Gasteiger partial charge is 0.267 e. The highest BCUT2D eigenvalue weighted by Gasteiger charge is 2.16. The molecule has 0 saturated heterocycles. The summed E-state index contributed by atoms with van der Waals surface area (Å²) in [7, 11) is 1.55. The standard InChI is InChI=1S/C20H19N5O2/c1-12-19(15-5-6-16(9-21)18(8-15)27-3)13(2)25(24-12)11-14-4-7-17(20(22)26)23-10-14/h4-8,10H,11H2,1-3H3,(H2,22,26). The molecule has 0 unspecified atom stereocenters. The van der Waals surface area contributed by atoms with Gasteiger partial charge < -0.3 is 10.5 Å². The third kappa shape index (κ3) is 3.51. The summed E-state index contributed by atoms with van der Waals surface area (Å²) in [5.41, 5.74) is 10.7. The topological polar surface area (TPSA) is 107 Å². The lowest BCUT2D eigenvalue weighted by molar-refractivity contribution is 0.0995. The number of benzene rings is 1. The van der Waals surface area contributed by atoms with Gasteiger partial charge in [-0.3, -0.25) is 14.5 Å². The number of amides is 1. The van der Waals surface area contributed by atoms with E-state index in [1.165, 1.54) is 0 Å². The zero-order valence-corrected chi connectivity index (χ0v) is 15.4. The highest BCUT2D eigenvalue weighted by Crippen LogP contribution is 2.31. The first kappa shape index (κ1) is 18.1. The van der Waals surface area contributed by atoms with Crippen LogP contribution >= 0.6 is 0 Å². The molecule has 2 aromatic heterocycles. The molecular weight excluding hydrogens is 342 g/mol. The van der Waals surface area contributed by atoms with Gasteiger partial charge in [0.1, 0.15) is 17.5 Å². The van der Waals surface area contributed by atoms with E-state index >= 15 is 0 Å². The van der Waals surface area contributed by atoms with E-state index in [9.17, 15) is 4.79 Å². The van der Waals surface area contributed by atoms with Crippen LogP contribution in [-0.2, 0) is 6.54 Å². The first-order chi connectivity index (χ1) is 12.9. The Hall–Kier alpha value is -3.66. The number of aryl methyl sites for hydroxylation is 1. The Bertz CT molecular complexity index is 1050. The van der Waals surface area contributed by atoms with Crippen LogP contribution in [0.1, 0.15) is 33.0 Å². The molecule has 27 heavy (non-hydrogen) atoms. The largest absolute Gasteiger partial charge is 0.495 e. The molecule has 3 rings (SSSR count). The third-order valence-electron chi connectivity index (χ3n) is 4.40. The Labute approximate surface area is 157 Å². The van der Waals surface area contributed by atoms with E-state index in [2.05, 4.69) is 16.2 Å². The Morgan fingerprint density at radius 1 is 1.30 bits per heavy atom. The van der Waals surface area contributed by atoms with Crippen molar-refractivity contribution in [3.63, 3.8) is 0 Å². The maximum atomic E-state index is 11.1. The molecule has 0 bridgehead atoms. The van der Waals surface area contributed by atoms with Crippen LogP contribution in [0.25, 0.3) is 11.1 Å². The SMILES string of the molecule is COc1cc(-c2c(C)nn(Cc3ccc(C(N)=O)nc3)c2C)ccc1C#N. The summed E-state index contributed by atoms with van der Waals surface area (Å²) in [6.45, 7) is 4.45. The predicted molar refractivity (Wildman–Crippen MR) is 100 cm³/mol. The van der Waals surface area contributed by atoms with Gasteiger partial charge in [-0.15, -0.1) is 0 Å². The lowest BCUT2D eigenvalue weighted by atomic mass is 10.0. The van der Waals surface area contributed by atoms with Gasteiger partial charge in [-0.2, -0.15) is 10.4 Å². The second kappa shape index (κ2) is 7.30. The quantitative estimate of drug-likeness (QED) is 0.751. The summed E-state index contributed by atoms with van der Waals surface area (Å²) in [6, 6.07) is 11.0. The van der Waals surface area contributed by atoms with E-state index in [-0.39, 0.29) is 5.69 Å². The molecular formula is C20H19N5O2. The van der Waals surface area contributed by atoms with Gasteiger partial charge in [0.2, 0.25) is 0 Å².